The predicted molar refractivity (Wildman–Crippen MR) is 76.4 cm³/mol. The van der Waals surface area contributed by atoms with Gasteiger partial charge in [-0.3, -0.25) is 0 Å². The highest BCUT2D eigenvalue weighted by Gasteiger charge is 2.18. The summed E-state index contributed by atoms with van der Waals surface area (Å²) in [6.07, 6.45) is 3.18. The van der Waals surface area contributed by atoms with Gasteiger partial charge >= 0.3 is 5.97 Å². The molecule has 0 amide bonds. The number of nitrogens with zero attached hydrogens (tertiary/aromatic N) is 3. The van der Waals surface area contributed by atoms with Gasteiger partial charge in [-0.2, -0.15) is 5.10 Å². The number of rotatable bonds is 3. The number of aromatic carboxylic acids is 1. The zero-order chi connectivity index (χ0) is 14.1. The maximum atomic E-state index is 11.4. The average molecular weight is 285 g/mol. The molecule has 0 aromatic carbocycles. The lowest BCUT2D eigenvalue weighted by atomic mass is 10.2. The van der Waals surface area contributed by atoms with Crippen molar-refractivity contribution in [2.75, 3.05) is 0 Å². The number of carboxylic acid groups (broad SMARTS) is 1. The smallest absolute Gasteiger partial charge is 0.339 e. The molecular formula is C14H11N3O2S. The molecule has 0 aliphatic heterocycles. The van der Waals surface area contributed by atoms with Gasteiger partial charge in [-0.15, -0.1) is 11.3 Å². The summed E-state index contributed by atoms with van der Waals surface area (Å²) in [4.78, 5) is 16.4. The van der Waals surface area contributed by atoms with Crippen LogP contribution >= 0.6 is 11.3 Å². The summed E-state index contributed by atoms with van der Waals surface area (Å²) in [5.74, 6) is -0.386. The van der Waals surface area contributed by atoms with Gasteiger partial charge in [-0.1, -0.05) is 6.07 Å². The van der Waals surface area contributed by atoms with E-state index >= 15 is 0 Å². The Morgan fingerprint density at radius 3 is 2.90 bits per heavy atom. The van der Waals surface area contributed by atoms with Gasteiger partial charge in [0.2, 0.25) is 0 Å². The standard InChI is InChI=1S/C14H11N3O2S/c1-9-4-5-15-12(7-9)17-8-10(14(18)19)13(16-17)11-3-2-6-20-11/h2-8H,1H3,(H,18,19). The third-order valence-electron chi connectivity index (χ3n) is 2.83. The minimum atomic E-state index is -0.993. The van der Waals surface area contributed by atoms with E-state index in [1.807, 2.05) is 36.6 Å². The number of carboxylic acids is 1. The third kappa shape index (κ3) is 2.21. The summed E-state index contributed by atoms with van der Waals surface area (Å²) < 4.78 is 1.51. The first-order valence-corrected chi connectivity index (χ1v) is 6.83. The lowest BCUT2D eigenvalue weighted by Crippen LogP contribution is -1.98. The largest absolute Gasteiger partial charge is 0.478 e. The van der Waals surface area contributed by atoms with Crippen LogP contribution in [0, 0.1) is 6.92 Å². The van der Waals surface area contributed by atoms with Gasteiger partial charge < -0.3 is 5.11 Å². The Hall–Kier alpha value is -2.47. The molecule has 5 nitrogen and oxygen atoms in total. The molecule has 100 valence electrons. The molecule has 0 atom stereocenters. The summed E-state index contributed by atoms with van der Waals surface area (Å²) in [5.41, 5.74) is 1.69. The fraction of sp³-hybridized carbons (Fsp3) is 0.0714. The Morgan fingerprint density at radius 1 is 1.40 bits per heavy atom. The summed E-state index contributed by atoms with van der Waals surface area (Å²) in [5, 5.41) is 15.6. The number of hydrogen-bond acceptors (Lipinski definition) is 4. The summed E-state index contributed by atoms with van der Waals surface area (Å²) >= 11 is 1.46. The molecule has 0 aliphatic carbocycles. The Morgan fingerprint density at radius 2 is 2.25 bits per heavy atom. The highest BCUT2D eigenvalue weighted by molar-refractivity contribution is 7.13. The molecule has 20 heavy (non-hydrogen) atoms. The van der Waals surface area contributed by atoms with E-state index in [9.17, 15) is 9.90 Å². The van der Waals surface area contributed by atoms with E-state index < -0.39 is 5.97 Å². The van der Waals surface area contributed by atoms with Gasteiger partial charge in [-0.25, -0.2) is 14.5 Å². The van der Waals surface area contributed by atoms with E-state index in [1.165, 1.54) is 22.2 Å². The fourth-order valence-corrected chi connectivity index (χ4v) is 2.61. The van der Waals surface area contributed by atoms with E-state index in [-0.39, 0.29) is 5.56 Å². The van der Waals surface area contributed by atoms with Crippen molar-refractivity contribution in [3.8, 4) is 16.4 Å². The van der Waals surface area contributed by atoms with Crippen LogP contribution in [0.1, 0.15) is 15.9 Å². The predicted octanol–water partition coefficient (Wildman–Crippen LogP) is 3.00. The van der Waals surface area contributed by atoms with E-state index in [0.29, 0.717) is 11.5 Å². The molecule has 0 saturated carbocycles. The van der Waals surface area contributed by atoms with Crippen molar-refractivity contribution < 1.29 is 9.90 Å². The lowest BCUT2D eigenvalue weighted by Gasteiger charge is -2.00. The average Bonchev–Trinajstić information content (AvgIpc) is 3.08. The van der Waals surface area contributed by atoms with Gasteiger partial charge in [-0.05, 0) is 36.1 Å². The number of pyridine rings is 1. The lowest BCUT2D eigenvalue weighted by molar-refractivity contribution is 0.0697. The van der Waals surface area contributed by atoms with Crippen LogP contribution in [0.3, 0.4) is 0 Å². The second-order valence-electron chi connectivity index (χ2n) is 4.31. The maximum Gasteiger partial charge on any atom is 0.339 e. The van der Waals surface area contributed by atoms with Crippen LogP contribution in [0.2, 0.25) is 0 Å². The number of aromatic nitrogens is 3. The number of thiophene rings is 1. The van der Waals surface area contributed by atoms with Crippen molar-refractivity contribution in [3.63, 3.8) is 0 Å². The zero-order valence-corrected chi connectivity index (χ0v) is 11.5. The Kier molecular flexibility index (Phi) is 3.08. The van der Waals surface area contributed by atoms with Crippen LogP contribution in [0.4, 0.5) is 0 Å². The van der Waals surface area contributed by atoms with Gasteiger partial charge in [0, 0.05) is 12.4 Å². The SMILES string of the molecule is Cc1ccnc(-n2cc(C(=O)O)c(-c3cccs3)n2)c1. The van der Waals surface area contributed by atoms with E-state index in [0.717, 1.165) is 10.4 Å². The van der Waals surface area contributed by atoms with Gasteiger partial charge in [0.1, 0.15) is 11.3 Å². The minimum absolute atomic E-state index is 0.177. The van der Waals surface area contributed by atoms with Crippen molar-refractivity contribution in [2.24, 2.45) is 0 Å². The summed E-state index contributed by atoms with van der Waals surface area (Å²) in [6.45, 7) is 1.95. The van der Waals surface area contributed by atoms with E-state index in [1.54, 1.807) is 6.20 Å². The number of hydrogen-bond donors (Lipinski definition) is 1. The minimum Gasteiger partial charge on any atom is -0.478 e. The van der Waals surface area contributed by atoms with Crippen molar-refractivity contribution >= 4 is 17.3 Å². The second-order valence-corrected chi connectivity index (χ2v) is 5.26. The number of aryl methyl sites for hydroxylation is 1. The van der Waals surface area contributed by atoms with Crippen molar-refractivity contribution in [3.05, 3.63) is 53.2 Å². The fourth-order valence-electron chi connectivity index (χ4n) is 1.89. The molecule has 3 rings (SSSR count). The van der Waals surface area contributed by atoms with Crippen molar-refractivity contribution in [1.82, 2.24) is 14.8 Å². The van der Waals surface area contributed by atoms with Crippen LogP contribution in [0.25, 0.3) is 16.4 Å². The van der Waals surface area contributed by atoms with Crippen molar-refractivity contribution in [1.29, 1.82) is 0 Å². The highest BCUT2D eigenvalue weighted by Crippen LogP contribution is 2.27. The van der Waals surface area contributed by atoms with Crippen LogP contribution in [-0.4, -0.2) is 25.8 Å². The third-order valence-corrected chi connectivity index (χ3v) is 3.71. The molecule has 0 bridgehead atoms. The topological polar surface area (TPSA) is 68.0 Å². The quantitative estimate of drug-likeness (QED) is 0.803. The Bertz CT molecular complexity index is 763. The molecule has 3 aromatic rings. The normalized spacial score (nSPS) is 10.7. The second kappa shape index (κ2) is 4.90. The van der Waals surface area contributed by atoms with Gasteiger partial charge in [0.25, 0.3) is 0 Å². The zero-order valence-electron chi connectivity index (χ0n) is 10.6. The molecule has 0 aliphatic rings. The molecule has 0 unspecified atom stereocenters. The first kappa shape index (κ1) is 12.6. The van der Waals surface area contributed by atoms with Gasteiger partial charge in [0.15, 0.2) is 5.82 Å². The molecule has 0 spiro atoms. The Balaban J connectivity index is 2.15. The molecule has 6 heteroatoms. The first-order chi connectivity index (χ1) is 9.65. The molecule has 0 radical (unpaired) electrons. The monoisotopic (exact) mass is 285 g/mol. The molecule has 0 saturated heterocycles. The molecule has 1 N–H and O–H groups in total. The van der Waals surface area contributed by atoms with Gasteiger partial charge in [0.05, 0.1) is 4.88 Å². The molecular weight excluding hydrogens is 274 g/mol. The molecule has 3 aromatic heterocycles. The van der Waals surface area contributed by atoms with Crippen LogP contribution in [-0.2, 0) is 0 Å². The number of carbonyl (C=O) groups is 1. The first-order valence-electron chi connectivity index (χ1n) is 5.95. The molecule has 3 heterocycles. The van der Waals surface area contributed by atoms with Crippen LogP contribution in [0.15, 0.2) is 42.0 Å². The van der Waals surface area contributed by atoms with Crippen LogP contribution < -0.4 is 0 Å². The van der Waals surface area contributed by atoms with Crippen molar-refractivity contribution in [2.45, 2.75) is 6.92 Å². The van der Waals surface area contributed by atoms with E-state index in [4.69, 9.17) is 0 Å². The molecule has 0 fully saturated rings. The summed E-state index contributed by atoms with van der Waals surface area (Å²) in [7, 11) is 0. The summed E-state index contributed by atoms with van der Waals surface area (Å²) in [6, 6.07) is 7.46. The maximum absolute atomic E-state index is 11.4. The van der Waals surface area contributed by atoms with Crippen LogP contribution in [0.5, 0.6) is 0 Å². The highest BCUT2D eigenvalue weighted by atomic mass is 32.1. The Labute approximate surface area is 119 Å². The van der Waals surface area contributed by atoms with E-state index in [2.05, 4.69) is 10.1 Å².